The lowest BCUT2D eigenvalue weighted by Gasteiger charge is -2.51. The van der Waals surface area contributed by atoms with Crippen molar-refractivity contribution in [3.63, 3.8) is 0 Å². The summed E-state index contributed by atoms with van der Waals surface area (Å²) in [6, 6.07) is 1.59. The minimum absolute atomic E-state index is 0.541. The number of rotatable bonds is 2. The Morgan fingerprint density at radius 3 is 2.22 bits per heavy atom. The topological polar surface area (TPSA) is 15.3 Å². The summed E-state index contributed by atoms with van der Waals surface area (Å²) in [4.78, 5) is 2.84. The Morgan fingerprint density at radius 2 is 1.72 bits per heavy atom. The summed E-state index contributed by atoms with van der Waals surface area (Å²) in [5.74, 6) is 0.981. The van der Waals surface area contributed by atoms with Gasteiger partial charge in [0.15, 0.2) is 0 Å². The lowest BCUT2D eigenvalue weighted by atomic mass is 9.67. The Balaban J connectivity index is 1.76. The van der Waals surface area contributed by atoms with Crippen molar-refractivity contribution < 1.29 is 0 Å². The van der Waals surface area contributed by atoms with Gasteiger partial charge in [0, 0.05) is 12.1 Å². The molecule has 3 fully saturated rings. The first-order valence-corrected chi connectivity index (χ1v) is 7.89. The second kappa shape index (κ2) is 4.21. The van der Waals surface area contributed by atoms with Gasteiger partial charge in [-0.1, -0.05) is 20.8 Å². The fourth-order valence-electron chi connectivity index (χ4n) is 5.63. The van der Waals surface area contributed by atoms with E-state index in [2.05, 4.69) is 38.0 Å². The van der Waals surface area contributed by atoms with Crippen LogP contribution in [0.15, 0.2) is 0 Å². The van der Waals surface area contributed by atoms with Gasteiger partial charge in [0.1, 0.15) is 0 Å². The first-order chi connectivity index (χ1) is 8.47. The highest BCUT2D eigenvalue weighted by Crippen LogP contribution is 2.64. The molecule has 2 saturated carbocycles. The Bertz CT molecular complexity index is 312. The van der Waals surface area contributed by atoms with Crippen LogP contribution in [0, 0.1) is 16.7 Å². The van der Waals surface area contributed by atoms with E-state index in [1.165, 1.54) is 45.2 Å². The maximum atomic E-state index is 3.45. The SMILES string of the molecule is CNC1CCN(C2C3(C)CCC(C3)C2(C)C)CC1. The number of fused-ring (bicyclic) bond motifs is 2. The molecule has 2 nitrogen and oxygen atoms in total. The molecule has 18 heavy (non-hydrogen) atoms. The summed E-state index contributed by atoms with van der Waals surface area (Å²) in [5, 5.41) is 3.45. The van der Waals surface area contributed by atoms with Crippen LogP contribution in [0.1, 0.15) is 52.9 Å². The number of piperidine rings is 1. The summed E-state index contributed by atoms with van der Waals surface area (Å²) >= 11 is 0. The molecule has 2 heteroatoms. The van der Waals surface area contributed by atoms with Gasteiger partial charge >= 0.3 is 0 Å². The lowest BCUT2D eigenvalue weighted by Crippen LogP contribution is -2.56. The highest BCUT2D eigenvalue weighted by molar-refractivity contribution is 5.13. The van der Waals surface area contributed by atoms with Crippen LogP contribution in [-0.2, 0) is 0 Å². The number of likely N-dealkylation sites (tertiary alicyclic amines) is 1. The maximum absolute atomic E-state index is 3.45. The van der Waals surface area contributed by atoms with Crippen LogP contribution in [0.4, 0.5) is 0 Å². The van der Waals surface area contributed by atoms with Gasteiger partial charge in [-0.25, -0.2) is 0 Å². The van der Waals surface area contributed by atoms with Gasteiger partial charge < -0.3 is 5.32 Å². The molecule has 0 amide bonds. The summed E-state index contributed by atoms with van der Waals surface area (Å²) in [6.07, 6.45) is 7.11. The summed E-state index contributed by atoms with van der Waals surface area (Å²) in [6.45, 7) is 10.3. The smallest absolute Gasteiger partial charge is 0.0203 e. The fourth-order valence-corrected chi connectivity index (χ4v) is 5.63. The van der Waals surface area contributed by atoms with Crippen molar-refractivity contribution in [2.75, 3.05) is 20.1 Å². The fraction of sp³-hybridized carbons (Fsp3) is 1.00. The second-order valence-electron chi connectivity index (χ2n) is 7.92. The molecule has 3 rings (SSSR count). The monoisotopic (exact) mass is 250 g/mol. The Hall–Kier alpha value is -0.0800. The van der Waals surface area contributed by atoms with Gasteiger partial charge in [-0.3, -0.25) is 4.90 Å². The molecule has 3 aliphatic rings. The first kappa shape index (κ1) is 12.9. The van der Waals surface area contributed by atoms with E-state index in [0.29, 0.717) is 10.8 Å². The molecule has 0 aromatic rings. The molecule has 1 heterocycles. The first-order valence-electron chi connectivity index (χ1n) is 7.89. The van der Waals surface area contributed by atoms with Crippen LogP contribution in [0.5, 0.6) is 0 Å². The Labute approximate surface area is 113 Å². The number of hydrogen-bond donors (Lipinski definition) is 1. The van der Waals surface area contributed by atoms with Gasteiger partial charge in [-0.05, 0) is 69.0 Å². The van der Waals surface area contributed by atoms with Crippen LogP contribution in [-0.4, -0.2) is 37.1 Å². The molecule has 3 atom stereocenters. The van der Waals surface area contributed by atoms with Crippen molar-refractivity contribution in [3.8, 4) is 0 Å². The third-order valence-corrected chi connectivity index (χ3v) is 6.50. The average Bonchev–Trinajstić information content (AvgIpc) is 2.81. The largest absolute Gasteiger partial charge is 0.317 e. The van der Waals surface area contributed by atoms with E-state index in [1.54, 1.807) is 0 Å². The van der Waals surface area contributed by atoms with Crippen LogP contribution in [0.25, 0.3) is 0 Å². The molecule has 104 valence electrons. The zero-order chi connectivity index (χ0) is 13.0. The molecule has 2 aliphatic carbocycles. The molecule has 1 saturated heterocycles. The maximum Gasteiger partial charge on any atom is 0.0203 e. The van der Waals surface area contributed by atoms with Crippen molar-refractivity contribution in [3.05, 3.63) is 0 Å². The van der Waals surface area contributed by atoms with E-state index in [-0.39, 0.29) is 0 Å². The minimum Gasteiger partial charge on any atom is -0.317 e. The molecule has 0 aromatic carbocycles. The quantitative estimate of drug-likeness (QED) is 0.811. The molecule has 1 N–H and O–H groups in total. The molecule has 1 aliphatic heterocycles. The van der Waals surface area contributed by atoms with Gasteiger partial charge in [0.05, 0.1) is 0 Å². The van der Waals surface area contributed by atoms with E-state index < -0.39 is 0 Å². The number of hydrogen-bond acceptors (Lipinski definition) is 2. The van der Waals surface area contributed by atoms with Gasteiger partial charge in [0.2, 0.25) is 0 Å². The average molecular weight is 250 g/mol. The minimum atomic E-state index is 0.541. The molecule has 3 unspecified atom stereocenters. The molecular formula is C16H30N2. The van der Waals surface area contributed by atoms with E-state index in [9.17, 15) is 0 Å². The molecule has 0 spiro atoms. The number of nitrogens with one attached hydrogen (secondary N) is 1. The lowest BCUT2D eigenvalue weighted by molar-refractivity contribution is -0.0104. The summed E-state index contributed by atoms with van der Waals surface area (Å²) < 4.78 is 0. The standard InChI is InChI=1S/C16H30N2/c1-15(2)12-5-8-16(3,11-12)14(15)18-9-6-13(17-4)7-10-18/h12-14,17H,5-11H2,1-4H3. The summed E-state index contributed by atoms with van der Waals surface area (Å²) in [5.41, 5.74) is 1.15. The third-order valence-electron chi connectivity index (χ3n) is 6.50. The van der Waals surface area contributed by atoms with Crippen molar-refractivity contribution >= 4 is 0 Å². The molecule has 0 aromatic heterocycles. The zero-order valence-corrected chi connectivity index (χ0v) is 12.6. The second-order valence-corrected chi connectivity index (χ2v) is 7.92. The van der Waals surface area contributed by atoms with Gasteiger partial charge in [-0.2, -0.15) is 0 Å². The van der Waals surface area contributed by atoms with Crippen molar-refractivity contribution in [1.82, 2.24) is 10.2 Å². The predicted octanol–water partition coefficient (Wildman–Crippen LogP) is 2.89. The normalized spacial score (nSPS) is 44.7. The van der Waals surface area contributed by atoms with Crippen LogP contribution < -0.4 is 5.32 Å². The predicted molar refractivity (Wildman–Crippen MR) is 76.7 cm³/mol. The third kappa shape index (κ3) is 1.76. The van der Waals surface area contributed by atoms with E-state index >= 15 is 0 Å². The van der Waals surface area contributed by atoms with Crippen molar-refractivity contribution in [2.24, 2.45) is 16.7 Å². The van der Waals surface area contributed by atoms with E-state index in [1.807, 2.05) is 0 Å². The zero-order valence-electron chi connectivity index (χ0n) is 12.6. The number of nitrogens with zero attached hydrogens (tertiary/aromatic N) is 1. The van der Waals surface area contributed by atoms with Crippen molar-refractivity contribution in [1.29, 1.82) is 0 Å². The Morgan fingerprint density at radius 1 is 1.06 bits per heavy atom. The Kier molecular flexibility index (Phi) is 3.02. The molecular weight excluding hydrogens is 220 g/mol. The van der Waals surface area contributed by atoms with Gasteiger partial charge in [0.25, 0.3) is 0 Å². The molecule has 2 bridgehead atoms. The highest BCUT2D eigenvalue weighted by atomic mass is 15.2. The van der Waals surface area contributed by atoms with Gasteiger partial charge in [-0.15, -0.1) is 0 Å². The highest BCUT2D eigenvalue weighted by Gasteiger charge is 2.60. The van der Waals surface area contributed by atoms with E-state index in [0.717, 1.165) is 18.0 Å². The van der Waals surface area contributed by atoms with Crippen molar-refractivity contribution in [2.45, 2.75) is 65.0 Å². The molecule has 0 radical (unpaired) electrons. The van der Waals surface area contributed by atoms with Crippen LogP contribution in [0.3, 0.4) is 0 Å². The summed E-state index contributed by atoms with van der Waals surface area (Å²) in [7, 11) is 2.11. The van der Waals surface area contributed by atoms with Crippen LogP contribution in [0.2, 0.25) is 0 Å². The van der Waals surface area contributed by atoms with Crippen LogP contribution >= 0.6 is 0 Å². The van der Waals surface area contributed by atoms with E-state index in [4.69, 9.17) is 0 Å².